The molecule has 3 rings (SSSR count). The van der Waals surface area contributed by atoms with E-state index in [0.29, 0.717) is 6.61 Å². The summed E-state index contributed by atoms with van der Waals surface area (Å²) >= 11 is 0. The fourth-order valence-corrected chi connectivity index (χ4v) is 4.95. The molecule has 0 spiro atoms. The molecule has 0 aromatic heterocycles. The lowest BCUT2D eigenvalue weighted by atomic mass is 9.99. The largest absolute Gasteiger partial charge is 0.476 e. The minimum atomic E-state index is -1.44. The molecule has 1 saturated heterocycles. The molecule has 0 amide bonds. The smallest absolute Gasteiger partial charge is 0.224 e. The van der Waals surface area contributed by atoms with E-state index in [1.54, 1.807) is 0 Å². The van der Waals surface area contributed by atoms with Crippen molar-refractivity contribution in [3.05, 3.63) is 35.9 Å². The minimum Gasteiger partial charge on any atom is -0.476 e. The quantitative estimate of drug-likeness (QED) is 0.631. The van der Waals surface area contributed by atoms with Crippen molar-refractivity contribution in [2.24, 2.45) is 4.99 Å². The summed E-state index contributed by atoms with van der Waals surface area (Å²) < 4.78 is 12.2. The van der Waals surface area contributed by atoms with Crippen LogP contribution in [-0.4, -0.2) is 31.8 Å². The molecular formula is C16H23NO2Si. The van der Waals surface area contributed by atoms with Gasteiger partial charge < -0.3 is 9.47 Å². The van der Waals surface area contributed by atoms with E-state index >= 15 is 0 Å². The second-order valence-electron chi connectivity index (χ2n) is 7.48. The van der Waals surface area contributed by atoms with Crippen LogP contribution < -0.4 is 0 Å². The number of hydrogen-bond donors (Lipinski definition) is 0. The summed E-state index contributed by atoms with van der Waals surface area (Å²) in [7, 11) is -1.44. The summed E-state index contributed by atoms with van der Waals surface area (Å²) in [5.41, 5.74) is 0.834. The van der Waals surface area contributed by atoms with Gasteiger partial charge in [0.2, 0.25) is 5.90 Å². The van der Waals surface area contributed by atoms with Crippen molar-refractivity contribution in [1.82, 2.24) is 0 Å². The molecule has 0 bridgehead atoms. The lowest BCUT2D eigenvalue weighted by molar-refractivity contribution is 0.248. The summed E-state index contributed by atoms with van der Waals surface area (Å²) in [5.74, 6) is 0.779. The van der Waals surface area contributed by atoms with Gasteiger partial charge in [0.25, 0.3) is 0 Å². The molecule has 0 unspecified atom stereocenters. The summed E-state index contributed by atoms with van der Waals surface area (Å²) in [6.45, 7) is 11.9. The molecule has 1 aromatic rings. The highest BCUT2D eigenvalue weighted by molar-refractivity contribution is 6.78. The third-order valence-electron chi connectivity index (χ3n) is 3.89. The zero-order valence-electron chi connectivity index (χ0n) is 12.9. The van der Waals surface area contributed by atoms with Gasteiger partial charge in [0, 0.05) is 0 Å². The molecule has 1 fully saturated rings. The van der Waals surface area contributed by atoms with Gasteiger partial charge >= 0.3 is 0 Å². The second kappa shape index (κ2) is 4.18. The number of benzene rings is 1. The Kier molecular flexibility index (Phi) is 2.89. The van der Waals surface area contributed by atoms with Gasteiger partial charge in [-0.3, -0.25) is 0 Å². The Bertz CT molecular complexity index is 547. The summed E-state index contributed by atoms with van der Waals surface area (Å²) in [6.07, 6.45) is 0. The normalized spacial score (nSPS) is 31.6. The SMILES string of the molecule is CC1(C)COC([C@]2(c3ccccc3)O[C@@H]2[Si](C)(C)C)=N1. The topological polar surface area (TPSA) is 34.1 Å². The van der Waals surface area contributed by atoms with E-state index in [4.69, 9.17) is 14.5 Å². The highest BCUT2D eigenvalue weighted by Gasteiger charge is 2.68. The lowest BCUT2D eigenvalue weighted by Gasteiger charge is -2.18. The van der Waals surface area contributed by atoms with Gasteiger partial charge in [-0.05, 0) is 19.4 Å². The number of hydrogen-bond acceptors (Lipinski definition) is 3. The van der Waals surface area contributed by atoms with Gasteiger partial charge in [0.15, 0.2) is 5.60 Å². The maximum absolute atomic E-state index is 6.24. The van der Waals surface area contributed by atoms with E-state index in [9.17, 15) is 0 Å². The average molecular weight is 289 g/mol. The molecule has 2 atom stereocenters. The second-order valence-corrected chi connectivity index (χ2v) is 12.7. The van der Waals surface area contributed by atoms with Crippen molar-refractivity contribution in [2.75, 3.05) is 6.61 Å². The number of ether oxygens (including phenoxy) is 2. The van der Waals surface area contributed by atoms with Crippen LogP contribution in [0.4, 0.5) is 0 Å². The Morgan fingerprint density at radius 3 is 2.25 bits per heavy atom. The van der Waals surface area contributed by atoms with Gasteiger partial charge in [-0.25, -0.2) is 4.99 Å². The third kappa shape index (κ3) is 2.11. The predicted molar refractivity (Wildman–Crippen MR) is 83.8 cm³/mol. The van der Waals surface area contributed by atoms with E-state index in [-0.39, 0.29) is 11.3 Å². The van der Waals surface area contributed by atoms with Crippen LogP contribution in [0.3, 0.4) is 0 Å². The van der Waals surface area contributed by atoms with Gasteiger partial charge in [-0.2, -0.15) is 0 Å². The van der Waals surface area contributed by atoms with Crippen molar-refractivity contribution in [3.8, 4) is 0 Å². The van der Waals surface area contributed by atoms with Crippen LogP contribution in [0.2, 0.25) is 19.6 Å². The zero-order valence-corrected chi connectivity index (χ0v) is 13.9. The maximum Gasteiger partial charge on any atom is 0.224 e. The lowest BCUT2D eigenvalue weighted by Crippen LogP contribution is -2.38. The van der Waals surface area contributed by atoms with Crippen molar-refractivity contribution < 1.29 is 9.47 Å². The number of nitrogens with zero attached hydrogens (tertiary/aromatic N) is 1. The van der Waals surface area contributed by atoms with Crippen molar-refractivity contribution in [3.63, 3.8) is 0 Å². The molecule has 0 saturated carbocycles. The highest BCUT2D eigenvalue weighted by atomic mass is 28.3. The Morgan fingerprint density at radius 1 is 1.15 bits per heavy atom. The van der Waals surface area contributed by atoms with Crippen LogP contribution in [0.25, 0.3) is 0 Å². The maximum atomic E-state index is 6.24. The first-order valence-electron chi connectivity index (χ1n) is 7.22. The van der Waals surface area contributed by atoms with Crippen LogP contribution in [0.1, 0.15) is 19.4 Å². The molecule has 1 aromatic carbocycles. The Labute approximate surface area is 122 Å². The van der Waals surface area contributed by atoms with Gasteiger partial charge in [0.1, 0.15) is 6.61 Å². The molecule has 2 aliphatic heterocycles. The molecule has 0 N–H and O–H groups in total. The van der Waals surface area contributed by atoms with Crippen molar-refractivity contribution in [1.29, 1.82) is 0 Å². The van der Waals surface area contributed by atoms with E-state index in [2.05, 4.69) is 57.8 Å². The number of epoxide rings is 1. The summed E-state index contributed by atoms with van der Waals surface area (Å²) in [4.78, 5) is 4.79. The highest BCUT2D eigenvalue weighted by Crippen LogP contribution is 2.53. The van der Waals surface area contributed by atoms with Crippen LogP contribution in [0.15, 0.2) is 35.3 Å². The molecule has 20 heavy (non-hydrogen) atoms. The summed E-state index contributed by atoms with van der Waals surface area (Å²) in [5, 5.41) is 0. The van der Waals surface area contributed by atoms with Crippen LogP contribution >= 0.6 is 0 Å². The Hall–Kier alpha value is -1.13. The molecule has 2 aliphatic rings. The Morgan fingerprint density at radius 2 is 1.80 bits per heavy atom. The first-order chi connectivity index (χ1) is 9.26. The zero-order chi connectivity index (χ0) is 14.6. The first-order valence-corrected chi connectivity index (χ1v) is 10.8. The van der Waals surface area contributed by atoms with Crippen molar-refractivity contribution >= 4 is 14.0 Å². The number of rotatable bonds is 3. The number of aliphatic imine (C=N–C) groups is 1. The molecular weight excluding hydrogens is 266 g/mol. The predicted octanol–water partition coefficient (Wildman–Crippen LogP) is 3.37. The molecule has 108 valence electrons. The average Bonchev–Trinajstić information content (AvgIpc) is 3.04. The van der Waals surface area contributed by atoms with Crippen LogP contribution in [-0.2, 0) is 15.1 Å². The monoisotopic (exact) mass is 289 g/mol. The molecule has 3 nitrogen and oxygen atoms in total. The van der Waals surface area contributed by atoms with Crippen molar-refractivity contribution in [2.45, 2.75) is 50.4 Å². The minimum absolute atomic E-state index is 0.146. The van der Waals surface area contributed by atoms with Crippen LogP contribution in [0, 0.1) is 0 Å². The standard InChI is InChI=1S/C16H23NO2Si/c1-15(2)11-18-13(17-15)16(12-9-7-6-8-10-12)14(19-16)20(3,4)5/h6-10,14H,11H2,1-5H3/t14-,16+/m1/s1. The van der Waals surface area contributed by atoms with E-state index in [1.165, 1.54) is 5.56 Å². The molecule has 0 aliphatic carbocycles. The fraction of sp³-hybridized carbons (Fsp3) is 0.562. The van der Waals surface area contributed by atoms with E-state index in [0.717, 1.165) is 5.90 Å². The van der Waals surface area contributed by atoms with Gasteiger partial charge in [-0.1, -0.05) is 50.0 Å². The molecule has 0 radical (unpaired) electrons. The molecule has 2 heterocycles. The fourth-order valence-electron chi connectivity index (χ4n) is 2.90. The Balaban J connectivity index is 2.04. The van der Waals surface area contributed by atoms with Gasteiger partial charge in [0.05, 0.1) is 19.3 Å². The first kappa shape index (κ1) is 13.8. The van der Waals surface area contributed by atoms with Gasteiger partial charge in [-0.15, -0.1) is 0 Å². The molecule has 4 heteroatoms. The summed E-state index contributed by atoms with van der Waals surface area (Å²) in [6, 6.07) is 10.4. The van der Waals surface area contributed by atoms with Crippen LogP contribution in [0.5, 0.6) is 0 Å². The third-order valence-corrected chi connectivity index (χ3v) is 5.99. The van der Waals surface area contributed by atoms with E-state index in [1.807, 2.05) is 6.07 Å². The van der Waals surface area contributed by atoms with E-state index < -0.39 is 13.7 Å².